The van der Waals surface area contributed by atoms with Crippen LogP contribution in [0.3, 0.4) is 0 Å². The van der Waals surface area contributed by atoms with E-state index in [1.807, 2.05) is 69.3 Å². The number of benzene rings is 2. The maximum Gasteiger partial charge on any atom is 0.125 e. The molecule has 2 rings (SSSR count). The normalized spacial score (nSPS) is 11.7. The molecule has 0 aliphatic heterocycles. The van der Waals surface area contributed by atoms with Crippen LogP contribution in [0.2, 0.25) is 0 Å². The van der Waals surface area contributed by atoms with Crippen molar-refractivity contribution in [3.8, 4) is 17.2 Å². The number of allylic oxidation sites excluding steroid dienone is 1. The fourth-order valence-corrected chi connectivity index (χ4v) is 3.04. The van der Waals surface area contributed by atoms with Gasteiger partial charge in [0.2, 0.25) is 0 Å². The SMILES string of the molecule is C/C=C/COc1cc(C)c(OC(C)CCCOc2cccc(/C=N\OC)c2)c(C)c1.CC. The van der Waals surface area contributed by atoms with Crippen LogP contribution in [-0.4, -0.2) is 32.6 Å². The van der Waals surface area contributed by atoms with Gasteiger partial charge >= 0.3 is 0 Å². The number of hydrogen-bond donors (Lipinski definition) is 0. The van der Waals surface area contributed by atoms with Crippen LogP contribution in [0.5, 0.6) is 17.2 Å². The molecule has 0 radical (unpaired) electrons. The van der Waals surface area contributed by atoms with Gasteiger partial charge in [0.15, 0.2) is 0 Å². The first-order valence-electron chi connectivity index (χ1n) is 11.3. The maximum atomic E-state index is 6.22. The third-order valence-corrected chi connectivity index (χ3v) is 4.52. The molecule has 1 atom stereocenters. The second kappa shape index (κ2) is 15.8. The second-order valence-corrected chi connectivity index (χ2v) is 7.17. The lowest BCUT2D eigenvalue weighted by atomic mass is 10.1. The van der Waals surface area contributed by atoms with Crippen molar-refractivity contribution in [1.82, 2.24) is 0 Å². The highest BCUT2D eigenvalue weighted by Gasteiger charge is 2.11. The van der Waals surface area contributed by atoms with Gasteiger partial charge in [-0.1, -0.05) is 43.3 Å². The third kappa shape index (κ3) is 9.90. The topological polar surface area (TPSA) is 49.3 Å². The number of aryl methyl sites for hydroxylation is 2. The van der Waals surface area contributed by atoms with Gasteiger partial charge in [0.1, 0.15) is 31.0 Å². The lowest BCUT2D eigenvalue weighted by Crippen LogP contribution is -2.14. The molecular formula is C27H39NO4. The fraction of sp³-hybridized carbons (Fsp3) is 0.444. The van der Waals surface area contributed by atoms with Crippen LogP contribution in [0, 0.1) is 13.8 Å². The molecule has 0 bridgehead atoms. The van der Waals surface area contributed by atoms with Crippen LogP contribution in [-0.2, 0) is 4.84 Å². The lowest BCUT2D eigenvalue weighted by Gasteiger charge is -2.19. The highest BCUT2D eigenvalue weighted by Crippen LogP contribution is 2.30. The molecule has 0 amide bonds. The summed E-state index contributed by atoms with van der Waals surface area (Å²) in [6, 6.07) is 11.8. The minimum absolute atomic E-state index is 0.0981. The Balaban J connectivity index is 0.00000249. The van der Waals surface area contributed by atoms with E-state index in [1.165, 1.54) is 7.11 Å². The van der Waals surface area contributed by atoms with Gasteiger partial charge in [-0.3, -0.25) is 0 Å². The van der Waals surface area contributed by atoms with E-state index in [9.17, 15) is 0 Å². The van der Waals surface area contributed by atoms with Crippen molar-refractivity contribution in [2.75, 3.05) is 20.3 Å². The molecular weight excluding hydrogens is 402 g/mol. The number of nitrogens with zero attached hydrogens (tertiary/aromatic N) is 1. The molecule has 0 heterocycles. The van der Waals surface area contributed by atoms with Crippen LogP contribution in [0.25, 0.3) is 0 Å². The summed E-state index contributed by atoms with van der Waals surface area (Å²) in [7, 11) is 1.52. The summed E-state index contributed by atoms with van der Waals surface area (Å²) in [6.07, 6.45) is 7.53. The second-order valence-electron chi connectivity index (χ2n) is 7.17. The Morgan fingerprint density at radius 3 is 2.38 bits per heavy atom. The van der Waals surface area contributed by atoms with Crippen LogP contribution in [0.4, 0.5) is 0 Å². The zero-order valence-corrected chi connectivity index (χ0v) is 20.7. The highest BCUT2D eigenvalue weighted by molar-refractivity contribution is 5.79. The third-order valence-electron chi connectivity index (χ3n) is 4.52. The zero-order valence-electron chi connectivity index (χ0n) is 20.7. The number of ether oxygens (including phenoxy) is 3. The van der Waals surface area contributed by atoms with Gasteiger partial charge in [-0.25, -0.2) is 0 Å². The zero-order chi connectivity index (χ0) is 23.8. The standard InChI is InChI=1S/C25H33NO4.C2H6/c1-6-7-13-29-24-15-19(2)25(20(3)16-24)30-21(4)10-9-14-28-23-12-8-11-22(17-23)18-26-27-5;1-2/h6-8,11-12,15-18,21H,9-10,13-14H2,1-5H3;1-2H3/b7-6+,26-18-;. The molecule has 0 spiro atoms. The molecule has 0 fully saturated rings. The Morgan fingerprint density at radius 1 is 1.00 bits per heavy atom. The minimum Gasteiger partial charge on any atom is -0.494 e. The number of hydrogen-bond acceptors (Lipinski definition) is 5. The Kier molecular flexibility index (Phi) is 13.4. The molecule has 0 saturated heterocycles. The monoisotopic (exact) mass is 441 g/mol. The average Bonchev–Trinajstić information content (AvgIpc) is 2.79. The van der Waals surface area contributed by atoms with Gasteiger partial charge in [0.25, 0.3) is 0 Å². The predicted molar refractivity (Wildman–Crippen MR) is 133 cm³/mol. The molecule has 2 aromatic rings. The molecule has 0 aromatic heterocycles. The van der Waals surface area contributed by atoms with Gasteiger partial charge in [-0.2, -0.15) is 0 Å². The minimum atomic E-state index is 0.0981. The van der Waals surface area contributed by atoms with E-state index < -0.39 is 0 Å². The van der Waals surface area contributed by atoms with Crippen LogP contribution >= 0.6 is 0 Å². The Bertz CT molecular complexity index is 822. The summed E-state index contributed by atoms with van der Waals surface area (Å²) in [6.45, 7) is 13.4. The maximum absolute atomic E-state index is 6.22. The first-order chi connectivity index (χ1) is 15.5. The average molecular weight is 442 g/mol. The Labute approximate surface area is 194 Å². The van der Waals surface area contributed by atoms with E-state index in [0.29, 0.717) is 13.2 Å². The van der Waals surface area contributed by atoms with E-state index in [2.05, 4.69) is 25.9 Å². The number of oxime groups is 1. The largest absolute Gasteiger partial charge is 0.494 e. The van der Waals surface area contributed by atoms with Gasteiger partial charge in [0, 0.05) is 0 Å². The molecule has 5 nitrogen and oxygen atoms in total. The first-order valence-corrected chi connectivity index (χ1v) is 11.3. The van der Waals surface area contributed by atoms with Gasteiger partial charge < -0.3 is 19.0 Å². The van der Waals surface area contributed by atoms with E-state index in [1.54, 1.807) is 6.21 Å². The van der Waals surface area contributed by atoms with Crippen molar-refractivity contribution in [2.24, 2.45) is 5.16 Å². The molecule has 2 aromatic carbocycles. The molecule has 0 N–H and O–H groups in total. The Hall–Kier alpha value is -2.95. The van der Waals surface area contributed by atoms with Crippen LogP contribution in [0.15, 0.2) is 53.7 Å². The summed E-state index contributed by atoms with van der Waals surface area (Å²) < 4.78 is 17.8. The summed E-state index contributed by atoms with van der Waals surface area (Å²) in [5.74, 6) is 2.63. The van der Waals surface area contributed by atoms with Crippen molar-refractivity contribution < 1.29 is 19.0 Å². The number of rotatable bonds is 12. The van der Waals surface area contributed by atoms with E-state index in [-0.39, 0.29) is 6.10 Å². The fourth-order valence-electron chi connectivity index (χ4n) is 3.04. The van der Waals surface area contributed by atoms with Crippen molar-refractivity contribution in [2.45, 2.75) is 60.5 Å². The quantitative estimate of drug-likeness (QED) is 0.156. The van der Waals surface area contributed by atoms with E-state index in [4.69, 9.17) is 19.0 Å². The van der Waals surface area contributed by atoms with Crippen LogP contribution < -0.4 is 14.2 Å². The summed E-state index contributed by atoms with van der Waals surface area (Å²) in [5.41, 5.74) is 3.11. The van der Waals surface area contributed by atoms with Gasteiger partial charge in [-0.05, 0) is 81.5 Å². The molecule has 0 aliphatic rings. The highest BCUT2D eigenvalue weighted by atomic mass is 16.6. The summed E-state index contributed by atoms with van der Waals surface area (Å²) >= 11 is 0. The molecule has 0 saturated carbocycles. The molecule has 0 aliphatic carbocycles. The van der Waals surface area contributed by atoms with Gasteiger partial charge in [-0.15, -0.1) is 0 Å². The van der Waals surface area contributed by atoms with Crippen molar-refractivity contribution in [3.05, 3.63) is 65.2 Å². The molecule has 32 heavy (non-hydrogen) atoms. The Morgan fingerprint density at radius 2 is 1.72 bits per heavy atom. The molecule has 1 unspecified atom stereocenters. The summed E-state index contributed by atoms with van der Waals surface area (Å²) in [5, 5.41) is 3.77. The van der Waals surface area contributed by atoms with Crippen molar-refractivity contribution >= 4 is 6.21 Å². The van der Waals surface area contributed by atoms with E-state index >= 15 is 0 Å². The molecule has 5 heteroatoms. The lowest BCUT2D eigenvalue weighted by molar-refractivity contribution is 0.191. The van der Waals surface area contributed by atoms with Gasteiger partial charge in [0.05, 0.1) is 18.9 Å². The van der Waals surface area contributed by atoms with E-state index in [0.717, 1.165) is 46.8 Å². The van der Waals surface area contributed by atoms with Crippen molar-refractivity contribution in [1.29, 1.82) is 0 Å². The van der Waals surface area contributed by atoms with Crippen LogP contribution in [0.1, 0.15) is 57.2 Å². The summed E-state index contributed by atoms with van der Waals surface area (Å²) in [4.78, 5) is 4.71. The predicted octanol–water partition coefficient (Wildman–Crippen LogP) is 6.89. The molecule has 176 valence electrons. The van der Waals surface area contributed by atoms with Crippen molar-refractivity contribution in [3.63, 3.8) is 0 Å². The smallest absolute Gasteiger partial charge is 0.125 e. The first kappa shape index (κ1) is 27.1.